The first-order valence-electron chi connectivity index (χ1n) is 4.00. The Morgan fingerprint density at radius 3 is 2.79 bits per heavy atom. The minimum Gasteiger partial charge on any atom is -0.397 e. The average molecular weight is 278 g/mol. The largest absolute Gasteiger partial charge is 0.397 e. The van der Waals surface area contributed by atoms with Crippen LogP contribution in [0.25, 0.3) is 0 Å². The topological polar surface area (TPSA) is 55.1 Å². The Hall–Kier alpha value is -0.740. The van der Waals surface area contributed by atoms with E-state index in [-0.39, 0.29) is 5.91 Å². The fourth-order valence-corrected chi connectivity index (χ4v) is 1.31. The number of benzene rings is 1. The second-order valence-corrected chi connectivity index (χ2v) is 4.41. The molecular formula is C9H10BrClN2O. The maximum absolute atomic E-state index is 11.2. The lowest BCUT2D eigenvalue weighted by Crippen LogP contribution is -2.20. The van der Waals surface area contributed by atoms with Crippen LogP contribution in [0.1, 0.15) is 6.92 Å². The van der Waals surface area contributed by atoms with E-state index in [2.05, 4.69) is 21.2 Å². The van der Waals surface area contributed by atoms with E-state index in [4.69, 9.17) is 17.3 Å². The quantitative estimate of drug-likeness (QED) is 0.645. The molecule has 14 heavy (non-hydrogen) atoms. The number of anilines is 2. The predicted octanol–water partition coefficient (Wildman–Crippen LogP) is 2.60. The Balaban J connectivity index is 2.82. The highest BCUT2D eigenvalue weighted by molar-refractivity contribution is 9.10. The van der Waals surface area contributed by atoms with Crippen molar-refractivity contribution in [2.75, 3.05) is 11.1 Å². The maximum atomic E-state index is 11.2. The number of alkyl halides is 1. The first-order chi connectivity index (χ1) is 6.50. The van der Waals surface area contributed by atoms with E-state index in [0.29, 0.717) is 11.4 Å². The SMILES string of the molecule is C[C@H](Cl)C(=O)Nc1ccc(Br)cc1N. The van der Waals surface area contributed by atoms with Crippen molar-refractivity contribution in [3.63, 3.8) is 0 Å². The molecule has 1 amide bonds. The zero-order chi connectivity index (χ0) is 10.7. The highest BCUT2D eigenvalue weighted by Crippen LogP contribution is 2.23. The lowest BCUT2D eigenvalue weighted by atomic mass is 10.2. The number of carbonyl (C=O) groups excluding carboxylic acids is 1. The van der Waals surface area contributed by atoms with Gasteiger partial charge in [-0.25, -0.2) is 0 Å². The lowest BCUT2D eigenvalue weighted by molar-refractivity contribution is -0.115. The number of nitrogen functional groups attached to an aromatic ring is 1. The van der Waals surface area contributed by atoms with Crippen LogP contribution in [0.4, 0.5) is 11.4 Å². The van der Waals surface area contributed by atoms with Crippen LogP contribution < -0.4 is 11.1 Å². The van der Waals surface area contributed by atoms with Gasteiger partial charge in [-0.15, -0.1) is 11.6 Å². The molecule has 76 valence electrons. The predicted molar refractivity (Wildman–Crippen MR) is 62.5 cm³/mol. The molecule has 0 aliphatic heterocycles. The molecule has 0 unspecified atom stereocenters. The van der Waals surface area contributed by atoms with Gasteiger partial charge in [0.1, 0.15) is 5.38 Å². The van der Waals surface area contributed by atoms with E-state index in [1.54, 1.807) is 25.1 Å². The van der Waals surface area contributed by atoms with Crippen molar-refractivity contribution in [3.8, 4) is 0 Å². The number of halogens is 2. The minimum absolute atomic E-state index is 0.263. The molecule has 5 heteroatoms. The monoisotopic (exact) mass is 276 g/mol. The van der Waals surface area contributed by atoms with Crippen molar-refractivity contribution < 1.29 is 4.79 Å². The van der Waals surface area contributed by atoms with Gasteiger partial charge in [0.05, 0.1) is 11.4 Å². The Morgan fingerprint density at radius 2 is 2.29 bits per heavy atom. The smallest absolute Gasteiger partial charge is 0.242 e. The molecule has 0 spiro atoms. The van der Waals surface area contributed by atoms with Crippen LogP contribution in [0, 0.1) is 0 Å². The Morgan fingerprint density at radius 1 is 1.64 bits per heavy atom. The summed E-state index contributed by atoms with van der Waals surface area (Å²) in [5.74, 6) is -0.263. The van der Waals surface area contributed by atoms with Crippen LogP contribution in [0.3, 0.4) is 0 Å². The zero-order valence-corrected chi connectivity index (χ0v) is 9.89. The van der Waals surface area contributed by atoms with Gasteiger partial charge in [0.25, 0.3) is 0 Å². The highest BCUT2D eigenvalue weighted by Gasteiger charge is 2.10. The molecule has 0 aromatic heterocycles. The summed E-state index contributed by atoms with van der Waals surface area (Å²) in [7, 11) is 0. The molecule has 1 aromatic carbocycles. The molecule has 0 fully saturated rings. The molecule has 0 bridgehead atoms. The second kappa shape index (κ2) is 4.66. The molecule has 0 aliphatic carbocycles. The summed E-state index contributed by atoms with van der Waals surface area (Å²) < 4.78 is 0.868. The molecule has 0 saturated heterocycles. The number of rotatable bonds is 2. The van der Waals surface area contributed by atoms with Crippen LogP contribution in [0.15, 0.2) is 22.7 Å². The summed E-state index contributed by atoms with van der Waals surface area (Å²) in [4.78, 5) is 11.2. The van der Waals surface area contributed by atoms with Gasteiger partial charge in [-0.3, -0.25) is 4.79 Å². The molecule has 3 N–H and O–H groups in total. The highest BCUT2D eigenvalue weighted by atomic mass is 79.9. The van der Waals surface area contributed by atoms with Crippen molar-refractivity contribution in [1.82, 2.24) is 0 Å². The standard InChI is InChI=1S/C9H10BrClN2O/c1-5(11)9(14)13-8-3-2-6(10)4-7(8)12/h2-5H,12H2,1H3,(H,13,14)/t5-/m0/s1. The van der Waals surface area contributed by atoms with E-state index in [1.165, 1.54) is 0 Å². The molecule has 0 radical (unpaired) electrons. The summed E-state index contributed by atoms with van der Waals surface area (Å²) in [5, 5.41) is 2.05. The fourth-order valence-electron chi connectivity index (χ4n) is 0.880. The normalized spacial score (nSPS) is 12.2. The fraction of sp³-hybridized carbons (Fsp3) is 0.222. The number of hydrogen-bond acceptors (Lipinski definition) is 2. The van der Waals surface area contributed by atoms with Crippen molar-refractivity contribution >= 4 is 44.8 Å². The van der Waals surface area contributed by atoms with Crippen molar-refractivity contribution in [2.24, 2.45) is 0 Å². The van der Waals surface area contributed by atoms with Crippen molar-refractivity contribution in [2.45, 2.75) is 12.3 Å². The molecule has 0 heterocycles. The Bertz CT molecular complexity index is 355. The average Bonchev–Trinajstić information content (AvgIpc) is 2.09. The first kappa shape index (κ1) is 11.3. The Kier molecular flexibility index (Phi) is 3.77. The van der Waals surface area contributed by atoms with Crippen LogP contribution in [-0.4, -0.2) is 11.3 Å². The number of nitrogens with two attached hydrogens (primary N) is 1. The summed E-state index contributed by atoms with van der Waals surface area (Å²) in [6.45, 7) is 1.60. The van der Waals surface area contributed by atoms with Gasteiger partial charge >= 0.3 is 0 Å². The number of carbonyl (C=O) groups is 1. The van der Waals surface area contributed by atoms with Gasteiger partial charge in [-0.05, 0) is 25.1 Å². The third-order valence-electron chi connectivity index (χ3n) is 1.63. The van der Waals surface area contributed by atoms with Gasteiger partial charge in [-0.1, -0.05) is 15.9 Å². The first-order valence-corrected chi connectivity index (χ1v) is 5.23. The minimum atomic E-state index is -0.571. The molecule has 0 aliphatic rings. The van der Waals surface area contributed by atoms with E-state index >= 15 is 0 Å². The molecule has 0 saturated carbocycles. The van der Waals surface area contributed by atoms with Crippen LogP contribution in [-0.2, 0) is 4.79 Å². The van der Waals surface area contributed by atoms with Crippen LogP contribution >= 0.6 is 27.5 Å². The second-order valence-electron chi connectivity index (χ2n) is 2.84. The summed E-state index contributed by atoms with van der Waals surface area (Å²) in [6.07, 6.45) is 0. The molecule has 1 atom stereocenters. The number of amides is 1. The van der Waals surface area contributed by atoms with Gasteiger partial charge in [0, 0.05) is 4.47 Å². The van der Waals surface area contributed by atoms with Crippen LogP contribution in [0.5, 0.6) is 0 Å². The summed E-state index contributed by atoms with van der Waals surface area (Å²) >= 11 is 8.87. The van der Waals surface area contributed by atoms with Crippen LogP contribution in [0.2, 0.25) is 0 Å². The summed E-state index contributed by atoms with van der Waals surface area (Å²) in [6, 6.07) is 5.23. The lowest BCUT2D eigenvalue weighted by Gasteiger charge is -2.09. The molecular weight excluding hydrogens is 267 g/mol. The van der Waals surface area contributed by atoms with Gasteiger partial charge in [0.15, 0.2) is 0 Å². The molecule has 1 rings (SSSR count). The van der Waals surface area contributed by atoms with Crippen molar-refractivity contribution in [1.29, 1.82) is 0 Å². The van der Waals surface area contributed by atoms with Gasteiger partial charge < -0.3 is 11.1 Å². The third kappa shape index (κ3) is 2.89. The zero-order valence-electron chi connectivity index (χ0n) is 7.55. The van der Waals surface area contributed by atoms with E-state index in [1.807, 2.05) is 0 Å². The van der Waals surface area contributed by atoms with Gasteiger partial charge in [-0.2, -0.15) is 0 Å². The number of hydrogen-bond donors (Lipinski definition) is 2. The summed E-state index contributed by atoms with van der Waals surface area (Å²) in [5.41, 5.74) is 6.76. The maximum Gasteiger partial charge on any atom is 0.242 e. The van der Waals surface area contributed by atoms with E-state index in [0.717, 1.165) is 4.47 Å². The van der Waals surface area contributed by atoms with E-state index < -0.39 is 5.38 Å². The third-order valence-corrected chi connectivity index (χ3v) is 2.32. The van der Waals surface area contributed by atoms with Gasteiger partial charge in [0.2, 0.25) is 5.91 Å². The Labute approximate surface area is 95.7 Å². The van der Waals surface area contributed by atoms with E-state index in [9.17, 15) is 4.79 Å². The molecule has 1 aromatic rings. The van der Waals surface area contributed by atoms with Crippen molar-refractivity contribution in [3.05, 3.63) is 22.7 Å². The number of nitrogens with one attached hydrogen (secondary N) is 1. The molecule has 3 nitrogen and oxygen atoms in total.